The number of nitrogens with zero attached hydrogens (tertiary/aromatic N) is 3. The summed E-state index contributed by atoms with van der Waals surface area (Å²) < 4.78 is 1.52. The van der Waals surface area contributed by atoms with Gasteiger partial charge in [0.1, 0.15) is 12.6 Å². The van der Waals surface area contributed by atoms with Crippen LogP contribution in [0.2, 0.25) is 5.02 Å². The number of hydrogen-bond donors (Lipinski definition) is 2. The molecule has 0 aliphatic heterocycles. The molecule has 0 spiro atoms. The molecule has 7 heteroatoms. The Morgan fingerprint density at radius 3 is 2.81 bits per heavy atom. The van der Waals surface area contributed by atoms with E-state index in [-0.39, 0.29) is 12.5 Å². The lowest BCUT2D eigenvalue weighted by molar-refractivity contribution is -0.116. The molecule has 21 heavy (non-hydrogen) atoms. The molecule has 0 unspecified atom stereocenters. The van der Waals surface area contributed by atoms with Crippen LogP contribution in [0.5, 0.6) is 0 Å². The van der Waals surface area contributed by atoms with Gasteiger partial charge in [-0.05, 0) is 32.0 Å². The van der Waals surface area contributed by atoms with Gasteiger partial charge in [-0.15, -0.1) is 0 Å². The Morgan fingerprint density at radius 1 is 1.52 bits per heavy atom. The standard InChI is InChI=1S/C14H14ClN5O/c1-8-14(17)9(2)20(19-8)7-13(21)18-12-5-11(15)4-3-10(12)6-16/h3-5H,7,17H2,1-2H3,(H,18,21). The summed E-state index contributed by atoms with van der Waals surface area (Å²) in [5.74, 6) is -0.306. The van der Waals surface area contributed by atoms with E-state index >= 15 is 0 Å². The highest BCUT2D eigenvalue weighted by atomic mass is 35.5. The molecule has 0 aliphatic rings. The Hall–Kier alpha value is -2.52. The van der Waals surface area contributed by atoms with Crippen molar-refractivity contribution in [2.45, 2.75) is 20.4 Å². The SMILES string of the molecule is Cc1nn(CC(=O)Nc2cc(Cl)ccc2C#N)c(C)c1N. The number of anilines is 2. The van der Waals surface area contributed by atoms with Crippen molar-refractivity contribution >= 4 is 28.9 Å². The average molecular weight is 304 g/mol. The smallest absolute Gasteiger partial charge is 0.246 e. The first-order valence-electron chi connectivity index (χ1n) is 6.21. The second kappa shape index (κ2) is 5.85. The van der Waals surface area contributed by atoms with E-state index in [2.05, 4.69) is 10.4 Å². The van der Waals surface area contributed by atoms with Crippen LogP contribution in [0.15, 0.2) is 18.2 Å². The summed E-state index contributed by atoms with van der Waals surface area (Å²) in [5, 5.41) is 16.3. The number of rotatable bonds is 3. The first-order chi connectivity index (χ1) is 9.92. The maximum Gasteiger partial charge on any atom is 0.246 e. The van der Waals surface area contributed by atoms with Crippen LogP contribution < -0.4 is 11.1 Å². The fourth-order valence-electron chi connectivity index (χ4n) is 1.91. The van der Waals surface area contributed by atoms with E-state index in [0.717, 1.165) is 5.69 Å². The van der Waals surface area contributed by atoms with Gasteiger partial charge >= 0.3 is 0 Å². The highest BCUT2D eigenvalue weighted by molar-refractivity contribution is 6.31. The highest BCUT2D eigenvalue weighted by Gasteiger charge is 2.13. The van der Waals surface area contributed by atoms with E-state index in [4.69, 9.17) is 22.6 Å². The number of aryl methyl sites for hydroxylation is 1. The van der Waals surface area contributed by atoms with Crippen LogP contribution >= 0.6 is 11.6 Å². The van der Waals surface area contributed by atoms with Gasteiger partial charge < -0.3 is 11.1 Å². The monoisotopic (exact) mass is 303 g/mol. The summed E-state index contributed by atoms with van der Waals surface area (Å²) in [6.45, 7) is 3.59. The fraction of sp³-hybridized carbons (Fsp3) is 0.214. The maximum absolute atomic E-state index is 12.1. The topological polar surface area (TPSA) is 96.7 Å². The maximum atomic E-state index is 12.1. The Labute approximate surface area is 127 Å². The molecular formula is C14H14ClN5O. The third kappa shape index (κ3) is 3.15. The van der Waals surface area contributed by atoms with Crippen molar-refractivity contribution in [2.24, 2.45) is 0 Å². The van der Waals surface area contributed by atoms with Crippen LogP contribution in [0.3, 0.4) is 0 Å². The summed E-state index contributed by atoms with van der Waals surface area (Å²) in [4.78, 5) is 12.1. The summed E-state index contributed by atoms with van der Waals surface area (Å²) in [6, 6.07) is 6.69. The number of carbonyl (C=O) groups is 1. The minimum atomic E-state index is -0.306. The van der Waals surface area contributed by atoms with Crippen molar-refractivity contribution in [1.29, 1.82) is 5.26 Å². The first kappa shape index (κ1) is 14.9. The van der Waals surface area contributed by atoms with Crippen LogP contribution in [-0.2, 0) is 11.3 Å². The number of nitrogens with one attached hydrogen (secondary N) is 1. The van der Waals surface area contributed by atoms with Crippen LogP contribution in [0.1, 0.15) is 17.0 Å². The lowest BCUT2D eigenvalue weighted by Gasteiger charge is -2.08. The lowest BCUT2D eigenvalue weighted by atomic mass is 10.2. The first-order valence-corrected chi connectivity index (χ1v) is 6.59. The minimum Gasteiger partial charge on any atom is -0.396 e. The zero-order valence-corrected chi connectivity index (χ0v) is 12.4. The number of hydrogen-bond acceptors (Lipinski definition) is 4. The molecule has 1 amide bonds. The van der Waals surface area contributed by atoms with Crippen molar-refractivity contribution in [1.82, 2.24) is 9.78 Å². The molecule has 1 aromatic heterocycles. The molecule has 0 aliphatic carbocycles. The molecule has 6 nitrogen and oxygen atoms in total. The van der Waals surface area contributed by atoms with Gasteiger partial charge in [-0.25, -0.2) is 0 Å². The number of nitriles is 1. The van der Waals surface area contributed by atoms with Crippen molar-refractivity contribution in [3.63, 3.8) is 0 Å². The number of carbonyl (C=O) groups excluding carboxylic acids is 1. The van der Waals surface area contributed by atoms with Gasteiger partial charge in [-0.1, -0.05) is 11.6 Å². The Kier molecular flexibility index (Phi) is 4.15. The summed E-state index contributed by atoms with van der Waals surface area (Å²) >= 11 is 5.87. The number of aromatic nitrogens is 2. The second-order valence-electron chi connectivity index (χ2n) is 4.59. The van der Waals surface area contributed by atoms with E-state index < -0.39 is 0 Å². The number of halogens is 1. The molecule has 2 aromatic rings. The van der Waals surface area contributed by atoms with E-state index in [1.54, 1.807) is 26.0 Å². The molecule has 0 radical (unpaired) electrons. The summed E-state index contributed by atoms with van der Waals surface area (Å²) in [7, 11) is 0. The molecule has 108 valence electrons. The molecule has 1 aromatic carbocycles. The summed E-state index contributed by atoms with van der Waals surface area (Å²) in [6.07, 6.45) is 0. The summed E-state index contributed by atoms with van der Waals surface area (Å²) in [5.41, 5.74) is 8.53. The largest absolute Gasteiger partial charge is 0.396 e. The zero-order valence-electron chi connectivity index (χ0n) is 11.6. The number of amides is 1. The number of benzene rings is 1. The molecule has 0 saturated carbocycles. The van der Waals surface area contributed by atoms with Crippen molar-refractivity contribution in [3.05, 3.63) is 40.2 Å². The van der Waals surface area contributed by atoms with Gasteiger partial charge in [0, 0.05) is 5.02 Å². The molecule has 0 saturated heterocycles. The molecule has 2 rings (SSSR count). The van der Waals surface area contributed by atoms with Gasteiger partial charge in [-0.2, -0.15) is 10.4 Å². The van der Waals surface area contributed by atoms with Gasteiger partial charge in [0.15, 0.2) is 0 Å². The zero-order chi connectivity index (χ0) is 15.6. The lowest BCUT2D eigenvalue weighted by Crippen LogP contribution is -2.21. The molecular weight excluding hydrogens is 290 g/mol. The van der Waals surface area contributed by atoms with Gasteiger partial charge in [0.2, 0.25) is 5.91 Å². The normalized spacial score (nSPS) is 10.2. The molecule has 0 atom stereocenters. The Morgan fingerprint density at radius 2 is 2.24 bits per heavy atom. The minimum absolute atomic E-state index is 0.0151. The Balaban J connectivity index is 2.17. The molecule has 1 heterocycles. The highest BCUT2D eigenvalue weighted by Crippen LogP contribution is 2.21. The number of nitrogens with two attached hydrogens (primary N) is 1. The second-order valence-corrected chi connectivity index (χ2v) is 5.03. The third-order valence-corrected chi connectivity index (χ3v) is 3.34. The quantitative estimate of drug-likeness (QED) is 0.908. The fourth-order valence-corrected chi connectivity index (χ4v) is 2.08. The van der Waals surface area contributed by atoms with Crippen molar-refractivity contribution in [2.75, 3.05) is 11.1 Å². The number of nitrogen functional groups attached to an aromatic ring is 1. The predicted octanol–water partition coefficient (Wildman–Crippen LogP) is 2.25. The van der Waals surface area contributed by atoms with Gasteiger partial charge in [-0.3, -0.25) is 9.48 Å². The molecule has 0 fully saturated rings. The van der Waals surface area contributed by atoms with Crippen LogP contribution in [0.4, 0.5) is 11.4 Å². The average Bonchev–Trinajstić information content (AvgIpc) is 2.66. The van der Waals surface area contributed by atoms with Crippen LogP contribution in [0.25, 0.3) is 0 Å². The Bertz CT molecular complexity index is 745. The van der Waals surface area contributed by atoms with E-state index in [1.807, 2.05) is 6.07 Å². The molecule has 0 bridgehead atoms. The van der Waals surface area contributed by atoms with E-state index in [9.17, 15) is 4.79 Å². The van der Waals surface area contributed by atoms with Crippen molar-refractivity contribution < 1.29 is 4.79 Å². The van der Waals surface area contributed by atoms with Gasteiger partial charge in [0.25, 0.3) is 0 Å². The van der Waals surface area contributed by atoms with Gasteiger partial charge in [0.05, 0.1) is 28.3 Å². The van der Waals surface area contributed by atoms with Crippen LogP contribution in [-0.4, -0.2) is 15.7 Å². The predicted molar refractivity (Wildman–Crippen MR) is 80.9 cm³/mol. The van der Waals surface area contributed by atoms with E-state index in [0.29, 0.717) is 27.7 Å². The van der Waals surface area contributed by atoms with Crippen LogP contribution in [0, 0.1) is 25.2 Å². The molecule has 3 N–H and O–H groups in total. The third-order valence-electron chi connectivity index (χ3n) is 3.11. The van der Waals surface area contributed by atoms with Crippen molar-refractivity contribution in [3.8, 4) is 6.07 Å². The van der Waals surface area contributed by atoms with E-state index in [1.165, 1.54) is 10.7 Å².